The molecule has 0 aliphatic carbocycles. The van der Waals surface area contributed by atoms with E-state index in [-0.39, 0.29) is 11.5 Å². The van der Waals surface area contributed by atoms with Crippen molar-refractivity contribution in [2.45, 2.75) is 20.0 Å². The lowest BCUT2D eigenvalue weighted by molar-refractivity contribution is 0.0577. The maximum absolute atomic E-state index is 12.9. The highest BCUT2D eigenvalue weighted by molar-refractivity contribution is 5.98. The highest BCUT2D eigenvalue weighted by Gasteiger charge is 2.25. The predicted octanol–water partition coefficient (Wildman–Crippen LogP) is 5.15. The SMILES string of the molecule is COc1cc(-c2ccc(C(=O)C(OC)c3ccc(C)cc3)o2)cc(OC)c1C. The van der Waals surface area contributed by atoms with Crippen LogP contribution in [0.5, 0.6) is 11.5 Å². The van der Waals surface area contributed by atoms with Gasteiger partial charge in [-0.05, 0) is 43.7 Å². The Hall–Kier alpha value is -3.05. The zero-order chi connectivity index (χ0) is 20.3. The molecule has 1 heterocycles. The Labute approximate surface area is 164 Å². The number of methoxy groups -OCH3 is 3. The van der Waals surface area contributed by atoms with E-state index in [0.29, 0.717) is 17.3 Å². The lowest BCUT2D eigenvalue weighted by atomic mass is 10.0. The molecule has 0 aliphatic rings. The van der Waals surface area contributed by atoms with E-state index >= 15 is 0 Å². The second-order valence-corrected chi connectivity index (χ2v) is 6.56. The molecule has 0 radical (unpaired) electrons. The van der Waals surface area contributed by atoms with Crippen LogP contribution in [-0.2, 0) is 4.74 Å². The van der Waals surface area contributed by atoms with Gasteiger partial charge in [-0.2, -0.15) is 0 Å². The minimum Gasteiger partial charge on any atom is -0.496 e. The first kappa shape index (κ1) is 19.7. The molecule has 5 heteroatoms. The minimum atomic E-state index is -0.721. The second-order valence-electron chi connectivity index (χ2n) is 6.56. The van der Waals surface area contributed by atoms with Crippen molar-refractivity contribution in [3.63, 3.8) is 0 Å². The number of ether oxygens (including phenoxy) is 3. The van der Waals surface area contributed by atoms with Crippen molar-refractivity contribution in [3.8, 4) is 22.8 Å². The van der Waals surface area contributed by atoms with Crippen molar-refractivity contribution in [2.75, 3.05) is 21.3 Å². The fourth-order valence-electron chi connectivity index (χ4n) is 3.12. The van der Waals surface area contributed by atoms with Crippen molar-refractivity contribution >= 4 is 5.78 Å². The molecule has 146 valence electrons. The molecule has 28 heavy (non-hydrogen) atoms. The third kappa shape index (κ3) is 3.80. The van der Waals surface area contributed by atoms with Crippen molar-refractivity contribution in [2.24, 2.45) is 0 Å². The number of rotatable bonds is 7. The molecular weight excluding hydrogens is 356 g/mol. The Bertz CT molecular complexity index is 944. The van der Waals surface area contributed by atoms with Gasteiger partial charge in [-0.25, -0.2) is 0 Å². The summed E-state index contributed by atoms with van der Waals surface area (Å²) in [6, 6.07) is 14.8. The van der Waals surface area contributed by atoms with E-state index in [4.69, 9.17) is 18.6 Å². The van der Waals surface area contributed by atoms with Crippen LogP contribution in [-0.4, -0.2) is 27.1 Å². The molecule has 1 aromatic heterocycles. The molecule has 1 atom stereocenters. The summed E-state index contributed by atoms with van der Waals surface area (Å²) in [6.45, 7) is 3.92. The van der Waals surface area contributed by atoms with Crippen molar-refractivity contribution in [1.82, 2.24) is 0 Å². The Morgan fingerprint density at radius 3 is 2.04 bits per heavy atom. The number of furan rings is 1. The van der Waals surface area contributed by atoms with Gasteiger partial charge < -0.3 is 18.6 Å². The Kier molecular flexibility index (Phi) is 5.85. The Morgan fingerprint density at radius 2 is 1.50 bits per heavy atom. The molecule has 0 fully saturated rings. The summed E-state index contributed by atoms with van der Waals surface area (Å²) in [6.07, 6.45) is -0.721. The van der Waals surface area contributed by atoms with Crippen LogP contribution < -0.4 is 9.47 Å². The monoisotopic (exact) mass is 380 g/mol. The molecule has 0 saturated carbocycles. The van der Waals surface area contributed by atoms with E-state index in [1.165, 1.54) is 7.11 Å². The first-order valence-corrected chi connectivity index (χ1v) is 8.95. The molecule has 3 aromatic rings. The quantitative estimate of drug-likeness (QED) is 0.531. The van der Waals surface area contributed by atoms with Gasteiger partial charge in [0.05, 0.1) is 14.2 Å². The molecular formula is C23H24O5. The van der Waals surface area contributed by atoms with E-state index in [1.807, 2.05) is 50.2 Å². The van der Waals surface area contributed by atoms with E-state index in [0.717, 1.165) is 22.3 Å². The average Bonchev–Trinajstić information content (AvgIpc) is 3.20. The van der Waals surface area contributed by atoms with Gasteiger partial charge in [0.1, 0.15) is 23.4 Å². The van der Waals surface area contributed by atoms with Crippen LogP contribution in [0.15, 0.2) is 52.9 Å². The summed E-state index contributed by atoms with van der Waals surface area (Å²) < 4.78 is 22.1. The third-order valence-electron chi connectivity index (χ3n) is 4.74. The maximum atomic E-state index is 12.9. The van der Waals surface area contributed by atoms with E-state index in [2.05, 4.69) is 0 Å². The number of Topliss-reactive ketones (excluding diaryl/α,β-unsaturated/α-hetero) is 1. The summed E-state index contributed by atoms with van der Waals surface area (Å²) in [5, 5.41) is 0. The van der Waals surface area contributed by atoms with Gasteiger partial charge >= 0.3 is 0 Å². The minimum absolute atomic E-state index is 0.233. The number of carbonyl (C=O) groups excluding carboxylic acids is 1. The molecule has 0 N–H and O–H groups in total. The number of aryl methyl sites for hydroxylation is 1. The smallest absolute Gasteiger partial charge is 0.231 e. The van der Waals surface area contributed by atoms with Crippen LogP contribution in [0.2, 0.25) is 0 Å². The van der Waals surface area contributed by atoms with Gasteiger partial charge in [-0.15, -0.1) is 0 Å². The maximum Gasteiger partial charge on any atom is 0.231 e. The molecule has 2 aromatic carbocycles. The number of hydrogen-bond donors (Lipinski definition) is 0. The average molecular weight is 380 g/mol. The first-order chi connectivity index (χ1) is 13.5. The zero-order valence-electron chi connectivity index (χ0n) is 16.7. The van der Waals surface area contributed by atoms with Gasteiger partial charge in [0.25, 0.3) is 0 Å². The van der Waals surface area contributed by atoms with Gasteiger partial charge in [0.15, 0.2) is 5.76 Å². The molecule has 3 rings (SSSR count). The molecule has 0 saturated heterocycles. The van der Waals surface area contributed by atoms with E-state index in [1.54, 1.807) is 26.4 Å². The number of ketones is 1. The normalized spacial score (nSPS) is 11.9. The highest BCUT2D eigenvalue weighted by Crippen LogP contribution is 2.35. The fourth-order valence-corrected chi connectivity index (χ4v) is 3.12. The largest absolute Gasteiger partial charge is 0.496 e. The lowest BCUT2D eigenvalue weighted by Gasteiger charge is -2.13. The number of carbonyl (C=O) groups is 1. The highest BCUT2D eigenvalue weighted by atomic mass is 16.5. The number of benzene rings is 2. The molecule has 1 unspecified atom stereocenters. The standard InChI is InChI=1S/C23H24O5/c1-14-6-8-16(9-7-14)23(27-5)22(24)19-11-10-18(28-19)17-12-20(25-3)15(2)21(13-17)26-4/h6-13,23H,1-5H3. The summed E-state index contributed by atoms with van der Waals surface area (Å²) in [7, 11) is 4.72. The van der Waals surface area contributed by atoms with Crippen LogP contribution >= 0.6 is 0 Å². The van der Waals surface area contributed by atoms with Gasteiger partial charge in [0.2, 0.25) is 5.78 Å². The van der Waals surface area contributed by atoms with E-state index in [9.17, 15) is 4.79 Å². The molecule has 0 spiro atoms. The van der Waals surface area contributed by atoms with Crippen molar-refractivity contribution in [1.29, 1.82) is 0 Å². The van der Waals surface area contributed by atoms with Gasteiger partial charge in [0, 0.05) is 18.2 Å². The van der Waals surface area contributed by atoms with Crippen LogP contribution in [0.3, 0.4) is 0 Å². The molecule has 0 bridgehead atoms. The van der Waals surface area contributed by atoms with Crippen molar-refractivity contribution < 1.29 is 23.4 Å². The first-order valence-electron chi connectivity index (χ1n) is 8.95. The van der Waals surface area contributed by atoms with Crippen molar-refractivity contribution in [3.05, 3.63) is 71.0 Å². The third-order valence-corrected chi connectivity index (χ3v) is 4.74. The summed E-state index contributed by atoms with van der Waals surface area (Å²) in [4.78, 5) is 12.9. The van der Waals surface area contributed by atoms with Crippen LogP contribution in [0, 0.1) is 13.8 Å². The topological polar surface area (TPSA) is 57.9 Å². The Morgan fingerprint density at radius 1 is 0.893 bits per heavy atom. The zero-order valence-corrected chi connectivity index (χ0v) is 16.7. The Balaban J connectivity index is 1.93. The summed E-state index contributed by atoms with van der Waals surface area (Å²) in [5.74, 6) is 1.93. The summed E-state index contributed by atoms with van der Waals surface area (Å²) >= 11 is 0. The van der Waals surface area contributed by atoms with Crippen LogP contribution in [0.4, 0.5) is 0 Å². The lowest BCUT2D eigenvalue weighted by Crippen LogP contribution is -2.14. The van der Waals surface area contributed by atoms with Gasteiger partial charge in [-0.1, -0.05) is 29.8 Å². The molecule has 0 amide bonds. The molecule has 0 aliphatic heterocycles. The number of hydrogen-bond acceptors (Lipinski definition) is 5. The van der Waals surface area contributed by atoms with Gasteiger partial charge in [-0.3, -0.25) is 4.79 Å². The fraction of sp³-hybridized carbons (Fsp3) is 0.261. The predicted molar refractivity (Wildman–Crippen MR) is 107 cm³/mol. The van der Waals surface area contributed by atoms with E-state index < -0.39 is 6.10 Å². The van der Waals surface area contributed by atoms with Crippen LogP contribution in [0.1, 0.15) is 33.3 Å². The van der Waals surface area contributed by atoms with Crippen LogP contribution in [0.25, 0.3) is 11.3 Å². The molecule has 5 nitrogen and oxygen atoms in total. The second kappa shape index (κ2) is 8.31. The summed E-state index contributed by atoms with van der Waals surface area (Å²) in [5.41, 5.74) is 3.57.